The molecule has 2 N–H and O–H groups in total. The van der Waals surface area contributed by atoms with Gasteiger partial charge in [0.1, 0.15) is 6.33 Å². The summed E-state index contributed by atoms with van der Waals surface area (Å²) < 4.78 is 1.66. The molecule has 0 saturated heterocycles. The van der Waals surface area contributed by atoms with Crippen LogP contribution >= 0.6 is 0 Å². The average Bonchev–Trinajstić information content (AvgIpc) is 2.94. The second-order valence-corrected chi connectivity index (χ2v) is 6.92. The molecule has 25 heavy (non-hydrogen) atoms. The molecule has 0 saturated carbocycles. The summed E-state index contributed by atoms with van der Waals surface area (Å²) in [5.74, 6) is -0.555. The first-order chi connectivity index (χ1) is 11.6. The maximum Gasteiger partial charge on any atom is 0.305 e. The van der Waals surface area contributed by atoms with Crippen molar-refractivity contribution in [2.45, 2.75) is 59.4 Å². The third-order valence-electron chi connectivity index (χ3n) is 4.81. The van der Waals surface area contributed by atoms with Crippen LogP contribution in [0.2, 0.25) is 0 Å². The van der Waals surface area contributed by atoms with Crippen molar-refractivity contribution in [1.82, 2.24) is 24.9 Å². The summed E-state index contributed by atoms with van der Waals surface area (Å²) in [7, 11) is 0. The van der Waals surface area contributed by atoms with Gasteiger partial charge in [0, 0.05) is 23.3 Å². The summed E-state index contributed by atoms with van der Waals surface area (Å²) >= 11 is 0. The Hall–Kier alpha value is -2.51. The van der Waals surface area contributed by atoms with Gasteiger partial charge in [-0.1, -0.05) is 13.8 Å². The van der Waals surface area contributed by atoms with Crippen LogP contribution in [0.4, 0.5) is 0 Å². The number of hydrogen-bond donors (Lipinski definition) is 2. The first-order valence-corrected chi connectivity index (χ1v) is 8.32. The van der Waals surface area contributed by atoms with E-state index < -0.39 is 11.5 Å². The van der Waals surface area contributed by atoms with E-state index in [2.05, 4.69) is 20.4 Å². The Labute approximate surface area is 146 Å². The van der Waals surface area contributed by atoms with Crippen LogP contribution in [0.3, 0.4) is 0 Å². The SMILES string of the molecule is Cc1nc2ncnn2c(C)c1CCC(=O)NC(C)(CC(=O)O)C(C)C. The maximum atomic E-state index is 12.4. The van der Waals surface area contributed by atoms with Gasteiger partial charge in [0.15, 0.2) is 0 Å². The molecule has 1 atom stereocenters. The standard InChI is InChI=1S/C17H25N5O3/c1-10(2)17(5,8-15(24)25)21-14(23)7-6-13-11(3)20-16-18-9-19-22(16)12(13)4/h9-10H,6-8H2,1-5H3,(H,21,23)(H,24,25). The number of fused-ring (bicyclic) bond motifs is 1. The molecule has 0 fully saturated rings. The molecular weight excluding hydrogens is 322 g/mol. The molecule has 0 aliphatic rings. The number of carboxylic acid groups (broad SMARTS) is 1. The number of aryl methyl sites for hydroxylation is 2. The van der Waals surface area contributed by atoms with Crippen LogP contribution < -0.4 is 5.32 Å². The van der Waals surface area contributed by atoms with Crippen molar-refractivity contribution in [3.8, 4) is 0 Å². The lowest BCUT2D eigenvalue weighted by molar-refractivity contribution is -0.139. The first-order valence-electron chi connectivity index (χ1n) is 8.32. The Morgan fingerprint density at radius 2 is 2.04 bits per heavy atom. The molecule has 0 spiro atoms. The Bertz CT molecular complexity index is 799. The summed E-state index contributed by atoms with van der Waals surface area (Å²) in [6, 6.07) is 0. The Morgan fingerprint density at radius 1 is 1.36 bits per heavy atom. The predicted octanol–water partition coefficient (Wildman–Crippen LogP) is 1.68. The minimum atomic E-state index is -0.927. The highest BCUT2D eigenvalue weighted by molar-refractivity contribution is 5.78. The van der Waals surface area contributed by atoms with E-state index in [0.29, 0.717) is 12.2 Å². The quantitative estimate of drug-likeness (QED) is 0.788. The number of nitrogens with one attached hydrogen (secondary N) is 1. The number of nitrogens with zero attached hydrogens (tertiary/aromatic N) is 4. The van der Waals surface area contributed by atoms with Crippen LogP contribution in [0.15, 0.2) is 6.33 Å². The summed E-state index contributed by atoms with van der Waals surface area (Å²) in [5.41, 5.74) is 1.91. The van der Waals surface area contributed by atoms with Crippen molar-refractivity contribution in [2.24, 2.45) is 5.92 Å². The largest absolute Gasteiger partial charge is 0.481 e. The molecule has 136 valence electrons. The monoisotopic (exact) mass is 347 g/mol. The van der Waals surface area contributed by atoms with Gasteiger partial charge in [-0.25, -0.2) is 9.50 Å². The molecule has 2 rings (SSSR count). The van der Waals surface area contributed by atoms with E-state index in [1.54, 1.807) is 11.4 Å². The number of carboxylic acids is 1. The minimum absolute atomic E-state index is 0.00388. The number of carbonyl (C=O) groups excluding carboxylic acids is 1. The second kappa shape index (κ2) is 7.16. The fraction of sp³-hybridized carbons (Fsp3) is 0.588. The molecule has 8 heteroatoms. The minimum Gasteiger partial charge on any atom is -0.481 e. The molecule has 1 amide bonds. The molecule has 2 aromatic heterocycles. The highest BCUT2D eigenvalue weighted by Crippen LogP contribution is 2.21. The zero-order valence-corrected chi connectivity index (χ0v) is 15.3. The highest BCUT2D eigenvalue weighted by Gasteiger charge is 2.32. The number of amides is 1. The van der Waals surface area contributed by atoms with E-state index >= 15 is 0 Å². The van der Waals surface area contributed by atoms with Crippen molar-refractivity contribution >= 4 is 17.7 Å². The molecule has 0 bridgehead atoms. The summed E-state index contributed by atoms with van der Waals surface area (Å²) in [6.45, 7) is 9.38. The van der Waals surface area contributed by atoms with Gasteiger partial charge < -0.3 is 10.4 Å². The van der Waals surface area contributed by atoms with Gasteiger partial charge in [0.2, 0.25) is 5.91 Å². The molecule has 2 aromatic rings. The number of aliphatic carboxylic acids is 1. The molecule has 0 aliphatic carbocycles. The fourth-order valence-electron chi connectivity index (χ4n) is 2.84. The van der Waals surface area contributed by atoms with Gasteiger partial charge in [0.25, 0.3) is 5.78 Å². The van der Waals surface area contributed by atoms with E-state index in [9.17, 15) is 9.59 Å². The lowest BCUT2D eigenvalue weighted by atomic mass is 9.85. The van der Waals surface area contributed by atoms with Crippen LogP contribution in [0.25, 0.3) is 5.78 Å². The summed E-state index contributed by atoms with van der Waals surface area (Å²) in [4.78, 5) is 32.0. The van der Waals surface area contributed by atoms with Crippen molar-refractivity contribution in [1.29, 1.82) is 0 Å². The van der Waals surface area contributed by atoms with Crippen LogP contribution in [0.1, 0.15) is 50.6 Å². The van der Waals surface area contributed by atoms with E-state index in [4.69, 9.17) is 5.11 Å². The van der Waals surface area contributed by atoms with E-state index in [-0.39, 0.29) is 24.7 Å². The van der Waals surface area contributed by atoms with Gasteiger partial charge in [-0.15, -0.1) is 0 Å². The van der Waals surface area contributed by atoms with Crippen molar-refractivity contribution in [3.05, 3.63) is 23.3 Å². The summed E-state index contributed by atoms with van der Waals surface area (Å²) in [5, 5.41) is 16.1. The fourth-order valence-corrected chi connectivity index (χ4v) is 2.84. The van der Waals surface area contributed by atoms with Crippen LogP contribution in [0, 0.1) is 19.8 Å². The lowest BCUT2D eigenvalue weighted by Gasteiger charge is -2.33. The summed E-state index contributed by atoms with van der Waals surface area (Å²) in [6.07, 6.45) is 2.10. The van der Waals surface area contributed by atoms with Gasteiger partial charge in [-0.3, -0.25) is 9.59 Å². The number of carbonyl (C=O) groups is 2. The zero-order valence-electron chi connectivity index (χ0n) is 15.3. The topological polar surface area (TPSA) is 109 Å². The van der Waals surface area contributed by atoms with Crippen LogP contribution in [0.5, 0.6) is 0 Å². The van der Waals surface area contributed by atoms with Gasteiger partial charge in [-0.05, 0) is 38.7 Å². The van der Waals surface area contributed by atoms with Crippen LogP contribution in [-0.4, -0.2) is 42.1 Å². The van der Waals surface area contributed by atoms with Crippen molar-refractivity contribution < 1.29 is 14.7 Å². The smallest absolute Gasteiger partial charge is 0.305 e. The van der Waals surface area contributed by atoms with E-state index in [1.807, 2.05) is 27.7 Å². The van der Waals surface area contributed by atoms with Gasteiger partial charge in [-0.2, -0.15) is 10.1 Å². The van der Waals surface area contributed by atoms with Crippen molar-refractivity contribution in [2.75, 3.05) is 0 Å². The number of rotatable bonds is 7. The average molecular weight is 347 g/mol. The molecule has 0 aromatic carbocycles. The van der Waals surface area contributed by atoms with Crippen LogP contribution in [-0.2, 0) is 16.0 Å². The van der Waals surface area contributed by atoms with Crippen molar-refractivity contribution in [3.63, 3.8) is 0 Å². The van der Waals surface area contributed by atoms with E-state index in [0.717, 1.165) is 17.0 Å². The maximum absolute atomic E-state index is 12.4. The van der Waals surface area contributed by atoms with Gasteiger partial charge in [0.05, 0.1) is 6.42 Å². The molecule has 8 nitrogen and oxygen atoms in total. The zero-order chi connectivity index (χ0) is 18.8. The highest BCUT2D eigenvalue weighted by atomic mass is 16.4. The number of hydrogen-bond acceptors (Lipinski definition) is 5. The Morgan fingerprint density at radius 3 is 2.64 bits per heavy atom. The third-order valence-corrected chi connectivity index (χ3v) is 4.81. The first kappa shape index (κ1) is 18.8. The molecule has 0 radical (unpaired) electrons. The predicted molar refractivity (Wildman–Crippen MR) is 92.2 cm³/mol. The normalized spacial score (nSPS) is 13.8. The Kier molecular flexibility index (Phi) is 5.39. The third kappa shape index (κ3) is 4.12. The molecule has 1 unspecified atom stereocenters. The molecule has 0 aliphatic heterocycles. The second-order valence-electron chi connectivity index (χ2n) is 6.92. The van der Waals surface area contributed by atoms with Gasteiger partial charge >= 0.3 is 5.97 Å². The molecular formula is C17H25N5O3. The molecule has 2 heterocycles. The number of aromatic nitrogens is 4. The van der Waals surface area contributed by atoms with E-state index in [1.165, 1.54) is 6.33 Å². The Balaban J connectivity index is 2.10. The lowest BCUT2D eigenvalue weighted by Crippen LogP contribution is -2.51.